The number of nitrogens with zero attached hydrogens (tertiary/aromatic N) is 5. The minimum absolute atomic E-state index is 0.211. The van der Waals surface area contributed by atoms with Gasteiger partial charge >= 0.3 is 0 Å². The number of nitrogen functional groups attached to an aromatic ring is 1. The van der Waals surface area contributed by atoms with Crippen LogP contribution in [-0.2, 0) is 6.42 Å². The van der Waals surface area contributed by atoms with Crippen LogP contribution in [0.3, 0.4) is 0 Å². The van der Waals surface area contributed by atoms with E-state index >= 15 is 0 Å². The standard InChI is InChI=1S/C11H14N6/c1-3-4-8-15-10(17-11(12)16-8)9-13-5-7(2)6-14-9/h5-6H,3-4H2,1-2H3,(H2,12,15,16,17). The van der Waals surface area contributed by atoms with Crippen LogP contribution < -0.4 is 5.73 Å². The summed E-state index contributed by atoms with van der Waals surface area (Å²) in [7, 11) is 0. The number of hydrogen-bond acceptors (Lipinski definition) is 6. The van der Waals surface area contributed by atoms with Crippen LogP contribution in [0.5, 0.6) is 0 Å². The van der Waals surface area contributed by atoms with Crippen molar-refractivity contribution in [3.05, 3.63) is 23.8 Å². The normalized spacial score (nSPS) is 10.5. The average Bonchev–Trinajstić information content (AvgIpc) is 2.29. The van der Waals surface area contributed by atoms with Crippen LogP contribution in [0, 0.1) is 6.92 Å². The van der Waals surface area contributed by atoms with Gasteiger partial charge in [0.1, 0.15) is 5.82 Å². The third-order valence-corrected chi connectivity index (χ3v) is 2.15. The summed E-state index contributed by atoms with van der Waals surface area (Å²) in [4.78, 5) is 20.8. The second kappa shape index (κ2) is 4.82. The number of aromatic nitrogens is 5. The van der Waals surface area contributed by atoms with E-state index in [0.29, 0.717) is 17.5 Å². The Morgan fingerprint density at radius 3 is 2.41 bits per heavy atom. The van der Waals surface area contributed by atoms with Crippen LogP contribution >= 0.6 is 0 Å². The Balaban J connectivity index is 2.40. The van der Waals surface area contributed by atoms with Crippen LogP contribution in [0.1, 0.15) is 24.7 Å². The molecule has 0 aliphatic carbocycles. The summed E-state index contributed by atoms with van der Waals surface area (Å²) in [6.07, 6.45) is 5.17. The first-order valence-electron chi connectivity index (χ1n) is 5.48. The number of nitrogens with two attached hydrogens (primary N) is 1. The van der Waals surface area contributed by atoms with Crippen LogP contribution in [0.4, 0.5) is 5.95 Å². The van der Waals surface area contributed by atoms with E-state index in [-0.39, 0.29) is 5.95 Å². The van der Waals surface area contributed by atoms with Crippen LogP contribution in [-0.4, -0.2) is 24.9 Å². The molecule has 0 amide bonds. The summed E-state index contributed by atoms with van der Waals surface area (Å²) in [6, 6.07) is 0. The van der Waals surface area contributed by atoms with Gasteiger partial charge < -0.3 is 5.73 Å². The lowest BCUT2D eigenvalue weighted by Crippen LogP contribution is -2.06. The summed E-state index contributed by atoms with van der Waals surface area (Å²) in [5.74, 6) is 1.80. The van der Waals surface area contributed by atoms with E-state index in [0.717, 1.165) is 18.4 Å². The summed E-state index contributed by atoms with van der Waals surface area (Å²) < 4.78 is 0. The van der Waals surface area contributed by atoms with E-state index < -0.39 is 0 Å². The zero-order valence-corrected chi connectivity index (χ0v) is 9.88. The molecule has 17 heavy (non-hydrogen) atoms. The van der Waals surface area contributed by atoms with Crippen molar-refractivity contribution in [1.82, 2.24) is 24.9 Å². The average molecular weight is 230 g/mol. The Labute approximate surface area is 99.4 Å². The SMILES string of the molecule is CCCc1nc(N)nc(-c2ncc(C)cn2)n1. The van der Waals surface area contributed by atoms with Gasteiger partial charge in [-0.15, -0.1) is 0 Å². The highest BCUT2D eigenvalue weighted by Gasteiger charge is 2.08. The second-order valence-electron chi connectivity index (χ2n) is 3.77. The molecule has 6 heteroatoms. The quantitative estimate of drug-likeness (QED) is 0.851. The van der Waals surface area contributed by atoms with Crippen molar-refractivity contribution in [1.29, 1.82) is 0 Å². The molecule has 6 nitrogen and oxygen atoms in total. The molecule has 2 rings (SSSR count). The van der Waals surface area contributed by atoms with Crippen molar-refractivity contribution in [3.8, 4) is 11.6 Å². The molecule has 0 saturated carbocycles. The van der Waals surface area contributed by atoms with Crippen molar-refractivity contribution < 1.29 is 0 Å². The largest absolute Gasteiger partial charge is 0.368 e. The lowest BCUT2D eigenvalue weighted by atomic mass is 10.3. The monoisotopic (exact) mass is 230 g/mol. The van der Waals surface area contributed by atoms with Gasteiger partial charge in [0.15, 0.2) is 5.82 Å². The van der Waals surface area contributed by atoms with Crippen molar-refractivity contribution in [2.24, 2.45) is 0 Å². The third-order valence-electron chi connectivity index (χ3n) is 2.15. The lowest BCUT2D eigenvalue weighted by molar-refractivity contribution is 0.821. The maximum absolute atomic E-state index is 5.64. The van der Waals surface area contributed by atoms with Gasteiger partial charge in [0.2, 0.25) is 11.8 Å². The molecular weight excluding hydrogens is 216 g/mol. The number of anilines is 1. The first-order valence-corrected chi connectivity index (χ1v) is 5.48. The highest BCUT2D eigenvalue weighted by atomic mass is 15.1. The van der Waals surface area contributed by atoms with Gasteiger partial charge in [0, 0.05) is 18.8 Å². The minimum atomic E-state index is 0.211. The Morgan fingerprint density at radius 1 is 1.06 bits per heavy atom. The van der Waals surface area contributed by atoms with Gasteiger partial charge in [0.05, 0.1) is 0 Å². The van der Waals surface area contributed by atoms with Crippen LogP contribution in [0.25, 0.3) is 11.6 Å². The first kappa shape index (κ1) is 11.4. The Kier molecular flexibility index (Phi) is 3.22. The molecule has 0 aliphatic heterocycles. The van der Waals surface area contributed by atoms with Gasteiger partial charge in [-0.3, -0.25) is 0 Å². The Morgan fingerprint density at radius 2 is 1.76 bits per heavy atom. The zero-order chi connectivity index (χ0) is 12.3. The molecule has 0 unspecified atom stereocenters. The number of hydrogen-bond donors (Lipinski definition) is 1. The summed E-state index contributed by atoms with van der Waals surface area (Å²) in [5.41, 5.74) is 6.63. The van der Waals surface area contributed by atoms with Gasteiger partial charge in [0.25, 0.3) is 0 Å². The zero-order valence-electron chi connectivity index (χ0n) is 9.88. The van der Waals surface area contributed by atoms with Crippen molar-refractivity contribution in [3.63, 3.8) is 0 Å². The Bertz CT molecular complexity index is 508. The molecule has 0 atom stereocenters. The van der Waals surface area contributed by atoms with Crippen molar-refractivity contribution in [2.45, 2.75) is 26.7 Å². The molecule has 0 radical (unpaired) electrons. The molecule has 0 saturated heterocycles. The van der Waals surface area contributed by atoms with Crippen LogP contribution in [0.15, 0.2) is 12.4 Å². The highest BCUT2D eigenvalue weighted by molar-refractivity contribution is 5.44. The number of rotatable bonds is 3. The molecule has 0 bridgehead atoms. The molecule has 0 aromatic carbocycles. The molecular formula is C11H14N6. The maximum atomic E-state index is 5.64. The van der Waals surface area contributed by atoms with E-state index in [1.54, 1.807) is 12.4 Å². The second-order valence-corrected chi connectivity index (χ2v) is 3.77. The fourth-order valence-electron chi connectivity index (χ4n) is 1.38. The van der Waals surface area contributed by atoms with E-state index in [9.17, 15) is 0 Å². The highest BCUT2D eigenvalue weighted by Crippen LogP contribution is 2.10. The van der Waals surface area contributed by atoms with Crippen molar-refractivity contribution in [2.75, 3.05) is 5.73 Å². The molecule has 2 aromatic heterocycles. The fourth-order valence-corrected chi connectivity index (χ4v) is 1.38. The number of aryl methyl sites for hydroxylation is 2. The topological polar surface area (TPSA) is 90.5 Å². The molecule has 2 aromatic rings. The van der Waals surface area contributed by atoms with Gasteiger partial charge in [-0.25, -0.2) is 15.0 Å². The molecule has 2 N–H and O–H groups in total. The summed E-state index contributed by atoms with van der Waals surface area (Å²) in [5, 5.41) is 0. The van der Waals surface area contributed by atoms with Gasteiger partial charge in [-0.05, 0) is 18.9 Å². The predicted octanol–water partition coefficient (Wildman–Crippen LogP) is 1.17. The third kappa shape index (κ3) is 2.72. The maximum Gasteiger partial charge on any atom is 0.223 e. The minimum Gasteiger partial charge on any atom is -0.368 e. The fraction of sp³-hybridized carbons (Fsp3) is 0.364. The predicted molar refractivity (Wildman–Crippen MR) is 64.0 cm³/mol. The molecule has 88 valence electrons. The lowest BCUT2D eigenvalue weighted by Gasteiger charge is -2.03. The van der Waals surface area contributed by atoms with Gasteiger partial charge in [-0.2, -0.15) is 9.97 Å². The van der Waals surface area contributed by atoms with E-state index in [1.807, 2.05) is 6.92 Å². The summed E-state index contributed by atoms with van der Waals surface area (Å²) in [6.45, 7) is 3.98. The van der Waals surface area contributed by atoms with E-state index in [1.165, 1.54) is 0 Å². The van der Waals surface area contributed by atoms with E-state index in [2.05, 4.69) is 31.8 Å². The smallest absolute Gasteiger partial charge is 0.223 e. The molecule has 0 spiro atoms. The molecule has 0 aliphatic rings. The summed E-state index contributed by atoms with van der Waals surface area (Å²) >= 11 is 0. The van der Waals surface area contributed by atoms with Crippen LogP contribution in [0.2, 0.25) is 0 Å². The van der Waals surface area contributed by atoms with Gasteiger partial charge in [-0.1, -0.05) is 6.92 Å². The first-order chi connectivity index (χ1) is 8.19. The van der Waals surface area contributed by atoms with Crippen molar-refractivity contribution >= 4 is 5.95 Å². The molecule has 0 fully saturated rings. The Hall–Kier alpha value is -2.11. The van der Waals surface area contributed by atoms with E-state index in [4.69, 9.17) is 5.73 Å². The molecule has 2 heterocycles.